The van der Waals surface area contributed by atoms with Crippen molar-refractivity contribution in [3.05, 3.63) is 5.82 Å². The molecule has 0 bridgehead atoms. The minimum Gasteiger partial charge on any atom is -0.393 e. The number of aliphatic hydroxyl groups excluding tert-OH is 1. The molecular formula is C9H18N4O. The molecule has 0 saturated carbocycles. The number of rotatable bonds is 5. The molecule has 1 rings (SSSR count). The summed E-state index contributed by atoms with van der Waals surface area (Å²) in [6.45, 7) is 4.26. The van der Waals surface area contributed by atoms with E-state index in [0.717, 1.165) is 12.8 Å². The fraction of sp³-hybridized carbons (Fsp3) is 0.889. The van der Waals surface area contributed by atoms with Gasteiger partial charge in [-0.1, -0.05) is 20.3 Å². The maximum absolute atomic E-state index is 9.70. The molecule has 1 aromatic heterocycles. The summed E-state index contributed by atoms with van der Waals surface area (Å²) >= 11 is 0. The summed E-state index contributed by atoms with van der Waals surface area (Å²) in [7, 11) is 1.72. The first kappa shape index (κ1) is 11.1. The van der Waals surface area contributed by atoms with Gasteiger partial charge in [0, 0.05) is 6.42 Å². The van der Waals surface area contributed by atoms with Crippen LogP contribution in [0, 0.1) is 5.92 Å². The van der Waals surface area contributed by atoms with Gasteiger partial charge < -0.3 is 5.11 Å². The van der Waals surface area contributed by atoms with Crippen molar-refractivity contribution in [1.29, 1.82) is 0 Å². The predicted molar refractivity (Wildman–Crippen MR) is 52.6 cm³/mol. The highest BCUT2D eigenvalue weighted by Crippen LogP contribution is 2.11. The summed E-state index contributed by atoms with van der Waals surface area (Å²) in [6.07, 6.45) is 2.03. The molecular weight excluding hydrogens is 180 g/mol. The molecule has 0 aliphatic heterocycles. The quantitative estimate of drug-likeness (QED) is 0.750. The molecule has 0 aromatic carbocycles. The van der Waals surface area contributed by atoms with E-state index in [1.54, 1.807) is 7.05 Å². The Morgan fingerprint density at radius 2 is 2.21 bits per heavy atom. The smallest absolute Gasteiger partial charge is 0.177 e. The molecule has 2 atom stereocenters. The number of nitrogens with zero attached hydrogens (tertiary/aromatic N) is 4. The Labute approximate surface area is 84.1 Å². The molecule has 1 N–H and O–H groups in total. The first-order chi connectivity index (χ1) is 6.61. The summed E-state index contributed by atoms with van der Waals surface area (Å²) in [5.74, 6) is 1.16. The Bertz CT molecular complexity index is 274. The van der Waals surface area contributed by atoms with E-state index in [0.29, 0.717) is 18.2 Å². The van der Waals surface area contributed by atoms with E-state index in [2.05, 4.69) is 29.3 Å². The van der Waals surface area contributed by atoms with Crippen molar-refractivity contribution in [2.24, 2.45) is 13.0 Å². The molecule has 0 amide bonds. The van der Waals surface area contributed by atoms with E-state index in [9.17, 15) is 5.11 Å². The van der Waals surface area contributed by atoms with Crippen LogP contribution in [0.15, 0.2) is 0 Å². The van der Waals surface area contributed by atoms with E-state index in [4.69, 9.17) is 0 Å². The lowest BCUT2D eigenvalue weighted by atomic mass is 9.99. The molecule has 2 unspecified atom stereocenters. The fourth-order valence-corrected chi connectivity index (χ4v) is 1.33. The summed E-state index contributed by atoms with van der Waals surface area (Å²) in [5.41, 5.74) is 0. The molecule has 14 heavy (non-hydrogen) atoms. The van der Waals surface area contributed by atoms with Crippen LogP contribution in [-0.4, -0.2) is 31.4 Å². The number of tetrazole rings is 1. The third kappa shape index (κ3) is 3.41. The van der Waals surface area contributed by atoms with E-state index in [1.165, 1.54) is 4.80 Å². The second kappa shape index (κ2) is 5.05. The number of aryl methyl sites for hydroxylation is 1. The monoisotopic (exact) mass is 198 g/mol. The molecule has 0 aliphatic rings. The van der Waals surface area contributed by atoms with Crippen molar-refractivity contribution in [1.82, 2.24) is 20.2 Å². The molecule has 0 aliphatic carbocycles. The third-order valence-electron chi connectivity index (χ3n) is 2.34. The summed E-state index contributed by atoms with van der Waals surface area (Å²) < 4.78 is 0. The Morgan fingerprint density at radius 3 is 2.71 bits per heavy atom. The van der Waals surface area contributed by atoms with Crippen molar-refractivity contribution in [2.75, 3.05) is 0 Å². The minimum absolute atomic E-state index is 0.353. The molecule has 0 fully saturated rings. The van der Waals surface area contributed by atoms with Gasteiger partial charge in [-0.25, -0.2) is 0 Å². The lowest BCUT2D eigenvalue weighted by molar-refractivity contribution is 0.142. The van der Waals surface area contributed by atoms with Crippen LogP contribution in [0.4, 0.5) is 0 Å². The molecule has 0 spiro atoms. The zero-order valence-corrected chi connectivity index (χ0v) is 9.01. The highest BCUT2D eigenvalue weighted by Gasteiger charge is 2.12. The highest BCUT2D eigenvalue weighted by molar-refractivity contribution is 4.81. The van der Waals surface area contributed by atoms with Crippen molar-refractivity contribution < 1.29 is 5.11 Å². The zero-order valence-electron chi connectivity index (χ0n) is 9.01. The van der Waals surface area contributed by atoms with Gasteiger partial charge in [-0.3, -0.25) is 0 Å². The Hall–Kier alpha value is -0.970. The zero-order chi connectivity index (χ0) is 10.6. The Balaban J connectivity index is 2.37. The van der Waals surface area contributed by atoms with Gasteiger partial charge in [0.2, 0.25) is 0 Å². The van der Waals surface area contributed by atoms with Gasteiger partial charge in [0.25, 0.3) is 0 Å². The molecule has 0 radical (unpaired) electrons. The van der Waals surface area contributed by atoms with Crippen molar-refractivity contribution in [3.8, 4) is 0 Å². The van der Waals surface area contributed by atoms with Gasteiger partial charge in [-0.05, 0) is 17.6 Å². The first-order valence-electron chi connectivity index (χ1n) is 5.02. The second-order valence-corrected chi connectivity index (χ2v) is 3.80. The highest BCUT2D eigenvalue weighted by atomic mass is 16.3. The number of aliphatic hydroxyl groups is 1. The Kier molecular flexibility index (Phi) is 4.00. The van der Waals surface area contributed by atoms with Crippen LogP contribution in [-0.2, 0) is 13.5 Å². The summed E-state index contributed by atoms with van der Waals surface area (Å²) in [5, 5.41) is 21.3. The van der Waals surface area contributed by atoms with Crippen LogP contribution in [0.3, 0.4) is 0 Å². The van der Waals surface area contributed by atoms with E-state index in [-0.39, 0.29) is 6.10 Å². The number of hydrogen-bond acceptors (Lipinski definition) is 4. The minimum atomic E-state index is -0.353. The SMILES string of the molecule is CCC(C)CC(O)Cc1nnn(C)n1. The molecule has 80 valence electrons. The largest absolute Gasteiger partial charge is 0.393 e. The van der Waals surface area contributed by atoms with Gasteiger partial charge in [-0.15, -0.1) is 10.2 Å². The van der Waals surface area contributed by atoms with Gasteiger partial charge in [-0.2, -0.15) is 4.80 Å². The average molecular weight is 198 g/mol. The summed E-state index contributed by atoms with van der Waals surface area (Å²) in [4.78, 5) is 1.41. The van der Waals surface area contributed by atoms with Crippen LogP contribution in [0.25, 0.3) is 0 Å². The predicted octanol–water partition coefficient (Wildman–Crippen LogP) is 0.550. The van der Waals surface area contributed by atoms with Gasteiger partial charge >= 0.3 is 0 Å². The van der Waals surface area contributed by atoms with Crippen molar-refractivity contribution in [2.45, 2.75) is 39.2 Å². The standard InChI is InChI=1S/C9H18N4O/c1-4-7(2)5-8(14)6-9-10-12-13(3)11-9/h7-8,14H,4-6H2,1-3H3. The van der Waals surface area contributed by atoms with Crippen LogP contribution in [0.2, 0.25) is 0 Å². The van der Waals surface area contributed by atoms with Crippen molar-refractivity contribution in [3.63, 3.8) is 0 Å². The fourth-order valence-electron chi connectivity index (χ4n) is 1.33. The van der Waals surface area contributed by atoms with E-state index >= 15 is 0 Å². The average Bonchev–Trinajstić information content (AvgIpc) is 2.50. The molecule has 1 heterocycles. The maximum Gasteiger partial charge on any atom is 0.177 e. The normalized spacial score (nSPS) is 15.4. The van der Waals surface area contributed by atoms with Gasteiger partial charge in [0.1, 0.15) is 0 Å². The van der Waals surface area contributed by atoms with E-state index in [1.807, 2.05) is 0 Å². The lowest BCUT2D eigenvalue weighted by Gasteiger charge is -2.12. The Morgan fingerprint density at radius 1 is 1.50 bits per heavy atom. The number of hydrogen-bond donors (Lipinski definition) is 1. The van der Waals surface area contributed by atoms with Crippen LogP contribution in [0.1, 0.15) is 32.5 Å². The van der Waals surface area contributed by atoms with Crippen molar-refractivity contribution >= 4 is 0 Å². The van der Waals surface area contributed by atoms with Gasteiger partial charge in [0.05, 0.1) is 13.2 Å². The van der Waals surface area contributed by atoms with Crippen LogP contribution in [0.5, 0.6) is 0 Å². The molecule has 1 aromatic rings. The maximum atomic E-state index is 9.70. The molecule has 5 nitrogen and oxygen atoms in total. The molecule has 0 saturated heterocycles. The van der Waals surface area contributed by atoms with Gasteiger partial charge in [0.15, 0.2) is 5.82 Å². The van der Waals surface area contributed by atoms with Crippen LogP contribution >= 0.6 is 0 Å². The lowest BCUT2D eigenvalue weighted by Crippen LogP contribution is -2.15. The topological polar surface area (TPSA) is 63.8 Å². The van der Waals surface area contributed by atoms with Crippen LogP contribution < -0.4 is 0 Å². The second-order valence-electron chi connectivity index (χ2n) is 3.80. The summed E-state index contributed by atoms with van der Waals surface area (Å²) in [6, 6.07) is 0. The first-order valence-corrected chi connectivity index (χ1v) is 5.02. The molecule has 5 heteroatoms. The van der Waals surface area contributed by atoms with E-state index < -0.39 is 0 Å². The third-order valence-corrected chi connectivity index (χ3v) is 2.34. The number of aromatic nitrogens is 4.